The van der Waals surface area contributed by atoms with E-state index in [1.54, 1.807) is 11.0 Å². The second-order valence-corrected chi connectivity index (χ2v) is 6.74. The van der Waals surface area contributed by atoms with Crippen molar-refractivity contribution in [3.05, 3.63) is 83.3 Å². The molecule has 0 radical (unpaired) electrons. The predicted molar refractivity (Wildman–Crippen MR) is 114 cm³/mol. The fourth-order valence-electron chi connectivity index (χ4n) is 3.12. The summed E-state index contributed by atoms with van der Waals surface area (Å²) < 4.78 is 0. The molecule has 1 amide bonds. The summed E-state index contributed by atoms with van der Waals surface area (Å²) in [6.07, 6.45) is 0.886. The average Bonchev–Trinajstić information content (AvgIpc) is 2.69. The number of aromatic nitrogens is 2. The van der Waals surface area contributed by atoms with E-state index in [0.717, 1.165) is 24.2 Å². The summed E-state index contributed by atoms with van der Waals surface area (Å²) in [7, 11) is 0. The van der Waals surface area contributed by atoms with Gasteiger partial charge in [-0.15, -0.1) is 0 Å². The van der Waals surface area contributed by atoms with E-state index in [9.17, 15) is 4.79 Å². The van der Waals surface area contributed by atoms with Crippen LogP contribution in [0.2, 0.25) is 0 Å². The topological polar surface area (TPSA) is 58.1 Å². The Labute approximate surface area is 166 Å². The molecule has 1 N–H and O–H groups in total. The van der Waals surface area contributed by atoms with E-state index in [0.29, 0.717) is 23.9 Å². The second-order valence-electron chi connectivity index (χ2n) is 6.74. The molecule has 0 fully saturated rings. The number of nitrogens with zero attached hydrogens (tertiary/aromatic N) is 3. The molecule has 0 bridgehead atoms. The van der Waals surface area contributed by atoms with Gasteiger partial charge in [0.25, 0.3) is 5.91 Å². The molecule has 5 heteroatoms. The largest absolute Gasteiger partial charge is 0.370 e. The standard InChI is InChI=1S/C23H26N4O/c1-4-27(20-12-8-9-17(2)15-20)23(28)21-16-22(26-18(3)25-21)24-14-13-19-10-6-5-7-11-19/h5-12,15-16H,4,13-14H2,1-3H3,(H,24,25,26). The van der Waals surface area contributed by atoms with Gasteiger partial charge in [-0.3, -0.25) is 4.79 Å². The van der Waals surface area contributed by atoms with Crippen LogP contribution in [-0.2, 0) is 6.42 Å². The summed E-state index contributed by atoms with van der Waals surface area (Å²) in [5, 5.41) is 3.31. The molecule has 0 saturated heterocycles. The number of hydrogen-bond acceptors (Lipinski definition) is 4. The van der Waals surface area contributed by atoms with Crippen LogP contribution in [0.4, 0.5) is 11.5 Å². The third-order valence-electron chi connectivity index (χ3n) is 4.49. The highest BCUT2D eigenvalue weighted by molar-refractivity contribution is 6.05. The van der Waals surface area contributed by atoms with Gasteiger partial charge in [-0.05, 0) is 50.5 Å². The molecule has 0 saturated carbocycles. The molecular weight excluding hydrogens is 348 g/mol. The van der Waals surface area contributed by atoms with Crippen molar-refractivity contribution in [1.29, 1.82) is 0 Å². The molecule has 0 aliphatic heterocycles. The van der Waals surface area contributed by atoms with Gasteiger partial charge in [0, 0.05) is 24.8 Å². The Morgan fingerprint density at radius 1 is 1.00 bits per heavy atom. The average molecular weight is 374 g/mol. The van der Waals surface area contributed by atoms with Crippen LogP contribution in [0.1, 0.15) is 34.4 Å². The Bertz CT molecular complexity index is 940. The van der Waals surface area contributed by atoms with Gasteiger partial charge in [-0.2, -0.15) is 0 Å². The highest BCUT2D eigenvalue weighted by atomic mass is 16.2. The third kappa shape index (κ3) is 4.94. The Kier molecular flexibility index (Phi) is 6.37. The van der Waals surface area contributed by atoms with Crippen molar-refractivity contribution in [2.45, 2.75) is 27.2 Å². The van der Waals surface area contributed by atoms with Crippen LogP contribution in [0, 0.1) is 13.8 Å². The van der Waals surface area contributed by atoms with Gasteiger partial charge in [0.05, 0.1) is 0 Å². The van der Waals surface area contributed by atoms with Gasteiger partial charge >= 0.3 is 0 Å². The fraction of sp³-hybridized carbons (Fsp3) is 0.261. The molecule has 0 aliphatic carbocycles. The minimum atomic E-state index is -0.121. The molecule has 3 aromatic rings. The van der Waals surface area contributed by atoms with Crippen molar-refractivity contribution in [3.8, 4) is 0 Å². The van der Waals surface area contributed by atoms with E-state index >= 15 is 0 Å². The van der Waals surface area contributed by atoms with Crippen molar-refractivity contribution in [2.24, 2.45) is 0 Å². The van der Waals surface area contributed by atoms with Gasteiger partial charge < -0.3 is 10.2 Å². The molecule has 0 spiro atoms. The van der Waals surface area contributed by atoms with Crippen molar-refractivity contribution in [3.63, 3.8) is 0 Å². The maximum atomic E-state index is 13.1. The fourth-order valence-corrected chi connectivity index (χ4v) is 3.12. The van der Waals surface area contributed by atoms with Crippen LogP contribution in [-0.4, -0.2) is 29.0 Å². The monoisotopic (exact) mass is 374 g/mol. The summed E-state index contributed by atoms with van der Waals surface area (Å²) in [5.41, 5.74) is 3.65. The van der Waals surface area contributed by atoms with Crippen LogP contribution < -0.4 is 10.2 Å². The van der Waals surface area contributed by atoms with Crippen molar-refractivity contribution >= 4 is 17.4 Å². The number of benzene rings is 2. The van der Waals surface area contributed by atoms with Crippen LogP contribution >= 0.6 is 0 Å². The predicted octanol–water partition coefficient (Wildman–Crippen LogP) is 4.41. The highest BCUT2D eigenvalue weighted by Crippen LogP contribution is 2.19. The summed E-state index contributed by atoms with van der Waals surface area (Å²) >= 11 is 0. The van der Waals surface area contributed by atoms with E-state index < -0.39 is 0 Å². The van der Waals surface area contributed by atoms with E-state index in [2.05, 4.69) is 27.4 Å². The summed E-state index contributed by atoms with van der Waals surface area (Å²) in [6, 6.07) is 19.9. The van der Waals surface area contributed by atoms with Crippen LogP contribution in [0.15, 0.2) is 60.7 Å². The van der Waals surface area contributed by atoms with Gasteiger partial charge in [-0.25, -0.2) is 9.97 Å². The molecule has 0 atom stereocenters. The number of carbonyl (C=O) groups is 1. The first-order valence-electron chi connectivity index (χ1n) is 9.59. The zero-order chi connectivity index (χ0) is 19.9. The molecule has 28 heavy (non-hydrogen) atoms. The molecule has 144 valence electrons. The number of nitrogens with one attached hydrogen (secondary N) is 1. The van der Waals surface area contributed by atoms with Crippen LogP contribution in [0.5, 0.6) is 0 Å². The lowest BCUT2D eigenvalue weighted by molar-refractivity contribution is 0.0983. The van der Waals surface area contributed by atoms with Crippen molar-refractivity contribution < 1.29 is 4.79 Å². The smallest absolute Gasteiger partial charge is 0.277 e. The zero-order valence-corrected chi connectivity index (χ0v) is 16.6. The highest BCUT2D eigenvalue weighted by Gasteiger charge is 2.19. The van der Waals surface area contributed by atoms with Crippen molar-refractivity contribution in [1.82, 2.24) is 9.97 Å². The SMILES string of the molecule is CCN(C(=O)c1cc(NCCc2ccccc2)nc(C)n1)c1cccc(C)c1. The normalized spacial score (nSPS) is 10.5. The summed E-state index contributed by atoms with van der Waals surface area (Å²) in [5.74, 6) is 1.13. The van der Waals surface area contributed by atoms with E-state index in [-0.39, 0.29) is 5.91 Å². The number of amides is 1. The first kappa shape index (κ1) is 19.5. The number of carbonyl (C=O) groups excluding carboxylic acids is 1. The maximum Gasteiger partial charge on any atom is 0.277 e. The molecule has 3 rings (SSSR count). The van der Waals surface area contributed by atoms with E-state index in [4.69, 9.17) is 0 Å². The number of rotatable bonds is 7. The maximum absolute atomic E-state index is 13.1. The van der Waals surface area contributed by atoms with Crippen LogP contribution in [0.25, 0.3) is 0 Å². The molecule has 0 aliphatic rings. The van der Waals surface area contributed by atoms with E-state index in [1.165, 1.54) is 5.56 Å². The number of anilines is 2. The lowest BCUT2D eigenvalue weighted by Gasteiger charge is -2.21. The summed E-state index contributed by atoms with van der Waals surface area (Å²) in [4.78, 5) is 23.6. The molecule has 1 aromatic heterocycles. The van der Waals surface area contributed by atoms with E-state index in [1.807, 2.05) is 63.2 Å². The molecule has 0 unspecified atom stereocenters. The molecular formula is C23H26N4O. The van der Waals surface area contributed by atoms with Gasteiger partial charge in [0.15, 0.2) is 0 Å². The minimum Gasteiger partial charge on any atom is -0.370 e. The van der Waals surface area contributed by atoms with Crippen LogP contribution in [0.3, 0.4) is 0 Å². The Hall–Kier alpha value is -3.21. The first-order chi connectivity index (χ1) is 13.6. The number of hydrogen-bond donors (Lipinski definition) is 1. The minimum absolute atomic E-state index is 0.121. The molecule has 2 aromatic carbocycles. The zero-order valence-electron chi connectivity index (χ0n) is 16.6. The first-order valence-corrected chi connectivity index (χ1v) is 9.59. The Morgan fingerprint density at radius 3 is 2.50 bits per heavy atom. The van der Waals surface area contributed by atoms with Gasteiger partial charge in [0.1, 0.15) is 17.3 Å². The lowest BCUT2D eigenvalue weighted by Crippen LogP contribution is -2.31. The van der Waals surface area contributed by atoms with Gasteiger partial charge in [0.2, 0.25) is 0 Å². The third-order valence-corrected chi connectivity index (χ3v) is 4.49. The Morgan fingerprint density at radius 2 is 1.79 bits per heavy atom. The number of aryl methyl sites for hydroxylation is 2. The lowest BCUT2D eigenvalue weighted by atomic mass is 10.1. The second kappa shape index (κ2) is 9.13. The van der Waals surface area contributed by atoms with Gasteiger partial charge in [-0.1, -0.05) is 42.5 Å². The Balaban J connectivity index is 1.75. The molecule has 5 nitrogen and oxygen atoms in total. The summed E-state index contributed by atoms with van der Waals surface area (Å²) in [6.45, 7) is 7.10. The quantitative estimate of drug-likeness (QED) is 0.665. The van der Waals surface area contributed by atoms with Crippen molar-refractivity contribution in [2.75, 3.05) is 23.3 Å². The molecule has 1 heterocycles.